The molecule has 110 valence electrons. The van der Waals surface area contributed by atoms with Gasteiger partial charge in [-0.3, -0.25) is 4.79 Å². The summed E-state index contributed by atoms with van der Waals surface area (Å²) in [5.74, 6) is -0.801. The van der Waals surface area contributed by atoms with Gasteiger partial charge < -0.3 is 15.7 Å². The number of urea groups is 1. The molecule has 0 aromatic carbocycles. The number of aryl methyl sites for hydroxylation is 1. The monoisotopic (exact) mass is 296 g/mol. The van der Waals surface area contributed by atoms with Crippen LogP contribution in [0.25, 0.3) is 0 Å². The molecule has 20 heavy (non-hydrogen) atoms. The second-order valence-corrected chi connectivity index (χ2v) is 6.36. The molecule has 1 aromatic rings. The number of carboxylic acid groups (broad SMARTS) is 1. The second kappa shape index (κ2) is 6.26. The van der Waals surface area contributed by atoms with Gasteiger partial charge in [0.25, 0.3) is 0 Å². The van der Waals surface area contributed by atoms with E-state index in [1.807, 2.05) is 18.4 Å². The van der Waals surface area contributed by atoms with E-state index in [1.165, 1.54) is 0 Å². The van der Waals surface area contributed by atoms with E-state index in [4.69, 9.17) is 0 Å². The van der Waals surface area contributed by atoms with Crippen LogP contribution >= 0.6 is 11.3 Å². The molecule has 0 spiro atoms. The number of thiophene rings is 1. The summed E-state index contributed by atoms with van der Waals surface area (Å²) in [6, 6.07) is 1.71. The number of rotatable bonds is 5. The molecule has 1 heterocycles. The zero-order valence-corrected chi connectivity index (χ0v) is 12.4. The first-order valence-electron chi connectivity index (χ1n) is 6.82. The van der Waals surface area contributed by atoms with Crippen molar-refractivity contribution in [1.29, 1.82) is 0 Å². The van der Waals surface area contributed by atoms with Crippen molar-refractivity contribution in [1.82, 2.24) is 10.6 Å². The maximum atomic E-state index is 11.8. The number of hydrogen-bond acceptors (Lipinski definition) is 3. The van der Waals surface area contributed by atoms with Gasteiger partial charge in [0.1, 0.15) is 0 Å². The molecule has 0 unspecified atom stereocenters. The summed E-state index contributed by atoms with van der Waals surface area (Å²) in [7, 11) is 0. The van der Waals surface area contributed by atoms with Crippen molar-refractivity contribution >= 4 is 23.3 Å². The van der Waals surface area contributed by atoms with Crippen LogP contribution in [0.3, 0.4) is 0 Å². The fourth-order valence-electron chi connectivity index (χ4n) is 2.58. The molecule has 2 amide bonds. The molecule has 3 N–H and O–H groups in total. The highest BCUT2D eigenvalue weighted by Crippen LogP contribution is 2.37. The van der Waals surface area contributed by atoms with Crippen LogP contribution in [-0.2, 0) is 11.3 Å². The quantitative estimate of drug-likeness (QED) is 0.781. The van der Waals surface area contributed by atoms with Crippen LogP contribution < -0.4 is 10.6 Å². The van der Waals surface area contributed by atoms with Gasteiger partial charge in [0.15, 0.2) is 0 Å². The lowest BCUT2D eigenvalue weighted by Crippen LogP contribution is -2.44. The summed E-state index contributed by atoms with van der Waals surface area (Å²) >= 11 is 1.60. The molecule has 0 aliphatic heterocycles. The molecule has 2 rings (SSSR count). The van der Waals surface area contributed by atoms with Crippen LogP contribution in [0.1, 0.15) is 36.1 Å². The summed E-state index contributed by atoms with van der Waals surface area (Å²) in [5, 5.41) is 16.8. The van der Waals surface area contributed by atoms with E-state index >= 15 is 0 Å². The molecule has 0 bridgehead atoms. The molecular weight excluding hydrogens is 276 g/mol. The Labute approximate surface area is 122 Å². The van der Waals surface area contributed by atoms with Gasteiger partial charge in [-0.05, 0) is 36.8 Å². The fourth-order valence-corrected chi connectivity index (χ4v) is 3.42. The normalized spacial score (nSPS) is 16.9. The second-order valence-electron chi connectivity index (χ2n) is 5.36. The maximum Gasteiger partial charge on any atom is 0.315 e. The molecule has 0 atom stereocenters. The Morgan fingerprint density at radius 2 is 2.05 bits per heavy atom. The van der Waals surface area contributed by atoms with E-state index in [0.717, 1.165) is 23.3 Å². The van der Waals surface area contributed by atoms with Gasteiger partial charge in [0.05, 0.1) is 12.0 Å². The van der Waals surface area contributed by atoms with Gasteiger partial charge in [0, 0.05) is 11.4 Å². The highest BCUT2D eigenvalue weighted by atomic mass is 32.1. The average molecular weight is 296 g/mol. The van der Waals surface area contributed by atoms with Crippen molar-refractivity contribution in [3.8, 4) is 0 Å². The van der Waals surface area contributed by atoms with E-state index in [9.17, 15) is 14.7 Å². The van der Waals surface area contributed by atoms with Gasteiger partial charge in [0.2, 0.25) is 0 Å². The van der Waals surface area contributed by atoms with Crippen LogP contribution in [0.4, 0.5) is 4.79 Å². The van der Waals surface area contributed by atoms with E-state index in [0.29, 0.717) is 19.4 Å². The summed E-state index contributed by atoms with van der Waals surface area (Å²) in [4.78, 5) is 24.2. The number of hydrogen-bond donors (Lipinski definition) is 3. The summed E-state index contributed by atoms with van der Waals surface area (Å²) in [5.41, 5.74) is 0.393. The Morgan fingerprint density at radius 1 is 1.35 bits per heavy atom. The van der Waals surface area contributed by atoms with Crippen molar-refractivity contribution in [3.63, 3.8) is 0 Å². The van der Waals surface area contributed by atoms with E-state index < -0.39 is 11.4 Å². The number of carbonyl (C=O) groups excluding carboxylic acids is 1. The number of amides is 2. The van der Waals surface area contributed by atoms with E-state index in [-0.39, 0.29) is 12.6 Å². The molecule has 1 aliphatic rings. The third kappa shape index (κ3) is 3.30. The van der Waals surface area contributed by atoms with Crippen molar-refractivity contribution in [2.24, 2.45) is 5.41 Å². The van der Waals surface area contributed by atoms with Crippen LogP contribution in [0, 0.1) is 12.3 Å². The summed E-state index contributed by atoms with van der Waals surface area (Å²) in [6.45, 7) is 2.69. The van der Waals surface area contributed by atoms with Crippen molar-refractivity contribution in [2.45, 2.75) is 39.2 Å². The van der Waals surface area contributed by atoms with Crippen LogP contribution in [-0.4, -0.2) is 23.7 Å². The highest BCUT2D eigenvalue weighted by Gasteiger charge is 2.41. The van der Waals surface area contributed by atoms with Gasteiger partial charge in [-0.25, -0.2) is 4.79 Å². The van der Waals surface area contributed by atoms with Crippen LogP contribution in [0.5, 0.6) is 0 Å². The predicted molar refractivity (Wildman–Crippen MR) is 77.8 cm³/mol. The zero-order valence-electron chi connectivity index (χ0n) is 11.6. The van der Waals surface area contributed by atoms with Gasteiger partial charge >= 0.3 is 12.0 Å². The van der Waals surface area contributed by atoms with Crippen LogP contribution in [0.2, 0.25) is 0 Å². The molecule has 1 aliphatic carbocycles. The molecule has 6 heteroatoms. The Kier molecular flexibility index (Phi) is 4.65. The SMILES string of the molecule is Cc1ccsc1CNC(=O)NCC1(C(=O)O)CCCC1. The van der Waals surface area contributed by atoms with E-state index in [2.05, 4.69) is 10.6 Å². The molecule has 1 saturated carbocycles. The number of carboxylic acids is 1. The van der Waals surface area contributed by atoms with E-state index in [1.54, 1.807) is 11.3 Å². The van der Waals surface area contributed by atoms with Crippen LogP contribution in [0.15, 0.2) is 11.4 Å². The lowest BCUT2D eigenvalue weighted by molar-refractivity contribution is -0.148. The largest absolute Gasteiger partial charge is 0.481 e. The van der Waals surface area contributed by atoms with Crippen molar-refractivity contribution in [2.75, 3.05) is 6.54 Å². The standard InChI is InChI=1S/C14H20N2O3S/c1-10-4-7-20-11(10)8-15-13(19)16-9-14(12(17)18)5-2-3-6-14/h4,7H,2-3,5-6,8-9H2,1H3,(H,17,18)(H2,15,16,19). The average Bonchev–Trinajstić information content (AvgIpc) is 3.04. The minimum Gasteiger partial charge on any atom is -0.481 e. The first-order chi connectivity index (χ1) is 9.53. The Bertz CT molecular complexity index is 492. The third-order valence-electron chi connectivity index (χ3n) is 3.98. The maximum absolute atomic E-state index is 11.8. The van der Waals surface area contributed by atoms with Crippen molar-refractivity contribution < 1.29 is 14.7 Å². The molecule has 0 radical (unpaired) electrons. The van der Waals surface area contributed by atoms with Gasteiger partial charge in [-0.1, -0.05) is 12.8 Å². The molecule has 5 nitrogen and oxygen atoms in total. The van der Waals surface area contributed by atoms with Crippen molar-refractivity contribution in [3.05, 3.63) is 21.9 Å². The lowest BCUT2D eigenvalue weighted by Gasteiger charge is -2.24. The Balaban J connectivity index is 1.80. The fraction of sp³-hybridized carbons (Fsp3) is 0.571. The third-order valence-corrected chi connectivity index (χ3v) is 5.00. The molecule has 1 aromatic heterocycles. The topological polar surface area (TPSA) is 78.4 Å². The highest BCUT2D eigenvalue weighted by molar-refractivity contribution is 7.10. The lowest BCUT2D eigenvalue weighted by atomic mass is 9.86. The van der Waals surface area contributed by atoms with Gasteiger partial charge in [-0.2, -0.15) is 0 Å². The minimum atomic E-state index is -0.801. The van der Waals surface area contributed by atoms with Gasteiger partial charge in [-0.15, -0.1) is 11.3 Å². The molecule has 0 saturated heterocycles. The molecule has 1 fully saturated rings. The Morgan fingerprint density at radius 3 is 2.60 bits per heavy atom. The first-order valence-corrected chi connectivity index (χ1v) is 7.69. The summed E-state index contributed by atoms with van der Waals surface area (Å²) in [6.07, 6.45) is 3.13. The number of nitrogens with one attached hydrogen (secondary N) is 2. The summed E-state index contributed by atoms with van der Waals surface area (Å²) < 4.78 is 0. The Hall–Kier alpha value is -1.56. The molecular formula is C14H20N2O3S. The predicted octanol–water partition coefficient (Wildman–Crippen LogP) is 2.50. The number of carbonyl (C=O) groups is 2. The first kappa shape index (κ1) is 14.8. The minimum absolute atomic E-state index is 0.206. The zero-order chi connectivity index (χ0) is 14.6. The number of aliphatic carboxylic acids is 1. The smallest absolute Gasteiger partial charge is 0.315 e.